The smallest absolute Gasteiger partial charge is 0.330 e. The van der Waals surface area contributed by atoms with Crippen LogP contribution in [0.5, 0.6) is 11.5 Å². The van der Waals surface area contributed by atoms with Crippen molar-refractivity contribution in [1.29, 1.82) is 0 Å². The molecule has 2 heterocycles. The summed E-state index contributed by atoms with van der Waals surface area (Å²) in [5.74, 6) is 0.994. The van der Waals surface area contributed by atoms with Crippen LogP contribution in [-0.4, -0.2) is 81.4 Å². The Morgan fingerprint density at radius 1 is 0.815 bits per heavy atom. The molecule has 4 atom stereocenters. The van der Waals surface area contributed by atoms with E-state index in [2.05, 4.69) is 4.98 Å². The van der Waals surface area contributed by atoms with Gasteiger partial charge in [-0.1, -0.05) is 72.3 Å². The van der Waals surface area contributed by atoms with E-state index in [9.17, 15) is 23.1 Å². The summed E-state index contributed by atoms with van der Waals surface area (Å²) in [6, 6.07) is 32.2. The predicted octanol–water partition coefficient (Wildman–Crippen LogP) is 3.96. The zero-order valence-corrected chi connectivity index (χ0v) is 30.8. The maximum Gasteiger partial charge on any atom is 0.330 e. The third-order valence-corrected chi connectivity index (χ3v) is 11.0. The molecule has 5 aromatic rings. The average Bonchev–Trinajstić information content (AvgIpc) is 3.49. The fourth-order valence-electron chi connectivity index (χ4n) is 6.42. The second-order valence-corrected chi connectivity index (χ2v) is 14.8. The zero-order valence-electron chi connectivity index (χ0n) is 30.0. The van der Waals surface area contributed by atoms with Crippen LogP contribution in [0.3, 0.4) is 0 Å². The molecule has 54 heavy (non-hydrogen) atoms. The Balaban J connectivity index is 1.30. The number of aliphatic hydroxyl groups excluding tert-OH is 1. The number of sulfone groups is 1. The lowest BCUT2D eigenvalue weighted by molar-refractivity contribution is -0.141. The van der Waals surface area contributed by atoms with Crippen LogP contribution in [0.2, 0.25) is 0 Å². The van der Waals surface area contributed by atoms with Crippen LogP contribution in [-0.2, 0) is 34.4 Å². The maximum atomic E-state index is 12.9. The molecule has 0 bridgehead atoms. The van der Waals surface area contributed by atoms with E-state index < -0.39 is 58.0 Å². The first-order chi connectivity index (χ1) is 26.1. The van der Waals surface area contributed by atoms with Gasteiger partial charge in [0.1, 0.15) is 42.2 Å². The summed E-state index contributed by atoms with van der Waals surface area (Å²) in [7, 11) is -0.457. The molecule has 6 rings (SSSR count). The van der Waals surface area contributed by atoms with E-state index >= 15 is 0 Å². The highest BCUT2D eigenvalue weighted by Gasteiger charge is 2.48. The van der Waals surface area contributed by atoms with Gasteiger partial charge < -0.3 is 33.5 Å². The summed E-state index contributed by atoms with van der Waals surface area (Å²) < 4.78 is 62.6. The van der Waals surface area contributed by atoms with Crippen LogP contribution in [0.1, 0.15) is 28.5 Å². The molecule has 0 spiro atoms. The molecule has 0 unspecified atom stereocenters. The van der Waals surface area contributed by atoms with Crippen LogP contribution in [0, 0.1) is 6.92 Å². The summed E-state index contributed by atoms with van der Waals surface area (Å²) in [6.45, 7) is 1.11. The minimum absolute atomic E-state index is 0.176. The van der Waals surface area contributed by atoms with Crippen molar-refractivity contribution < 1.29 is 41.9 Å². The standard InChI is InChI=1S/C40H42N2O11S/c1-27-9-19-33(20-10-27)54(46,47)24-23-50-26-51-37-34(53-38(36(37)44)42-22-21-35(43)41-39(42)45)25-52-40(28-7-5-4-6-8-28,29-11-15-31(48-2)16-12-29)30-13-17-32(49-3)18-14-30/h4-22,34,36-38,44H,23-26H2,1-3H3,(H,41,43,45)/t34-,36-,37-,38-/m1/s1. The number of H-pyrrole nitrogens is 1. The van der Waals surface area contributed by atoms with E-state index in [1.807, 2.05) is 85.8 Å². The maximum absolute atomic E-state index is 12.9. The van der Waals surface area contributed by atoms with Crippen molar-refractivity contribution in [3.63, 3.8) is 0 Å². The van der Waals surface area contributed by atoms with Gasteiger partial charge in [0.25, 0.3) is 5.56 Å². The van der Waals surface area contributed by atoms with Crippen molar-refractivity contribution in [2.45, 2.75) is 42.0 Å². The number of aromatic amines is 1. The van der Waals surface area contributed by atoms with E-state index in [1.54, 1.807) is 38.5 Å². The van der Waals surface area contributed by atoms with Crippen molar-refractivity contribution in [3.8, 4) is 11.5 Å². The SMILES string of the molecule is COc1ccc(C(OC[C@H]2O[C@@H](n3ccc(=O)[nH]c3=O)[C@H](O)[C@@H]2OCOCCS(=O)(=O)c2ccc(C)cc2)(c2ccccc2)c2ccc(OC)cc2)cc1. The molecule has 1 aliphatic heterocycles. The minimum Gasteiger partial charge on any atom is -0.497 e. The van der Waals surface area contributed by atoms with E-state index in [4.69, 9.17) is 28.4 Å². The predicted molar refractivity (Wildman–Crippen MR) is 198 cm³/mol. The molecule has 0 aliphatic carbocycles. The number of nitrogens with one attached hydrogen (secondary N) is 1. The molecule has 0 amide bonds. The first-order valence-electron chi connectivity index (χ1n) is 17.2. The number of methoxy groups -OCH3 is 2. The number of aryl methyl sites for hydroxylation is 1. The first kappa shape index (κ1) is 38.6. The number of hydrogen-bond acceptors (Lipinski definition) is 11. The summed E-state index contributed by atoms with van der Waals surface area (Å²) in [5.41, 5.74) is 0.571. The van der Waals surface area contributed by atoms with Crippen molar-refractivity contribution in [2.75, 3.05) is 40.0 Å². The molecule has 0 radical (unpaired) electrons. The Morgan fingerprint density at radius 2 is 1.41 bits per heavy atom. The molecule has 13 nitrogen and oxygen atoms in total. The number of aliphatic hydroxyl groups is 1. The van der Waals surface area contributed by atoms with E-state index in [0.29, 0.717) is 11.5 Å². The highest BCUT2D eigenvalue weighted by Crippen LogP contribution is 2.43. The van der Waals surface area contributed by atoms with Gasteiger partial charge in [-0.2, -0.15) is 0 Å². The number of aromatic nitrogens is 2. The highest BCUT2D eigenvalue weighted by molar-refractivity contribution is 7.91. The first-order valence-corrected chi connectivity index (χ1v) is 18.8. The number of hydrogen-bond donors (Lipinski definition) is 2. The van der Waals surface area contributed by atoms with Gasteiger partial charge in [0.15, 0.2) is 16.1 Å². The number of benzene rings is 4. The lowest BCUT2D eigenvalue weighted by Gasteiger charge is -2.37. The Labute approximate surface area is 312 Å². The van der Waals surface area contributed by atoms with Crippen LogP contribution in [0.15, 0.2) is 130 Å². The van der Waals surface area contributed by atoms with Crippen LogP contribution >= 0.6 is 0 Å². The average molecular weight is 759 g/mol. The topological polar surface area (TPSA) is 165 Å². The molecule has 1 aromatic heterocycles. The molecule has 4 aromatic carbocycles. The van der Waals surface area contributed by atoms with Gasteiger partial charge in [-0.05, 0) is 60.0 Å². The molecule has 1 fully saturated rings. The number of nitrogens with zero attached hydrogens (tertiary/aromatic N) is 1. The van der Waals surface area contributed by atoms with Crippen molar-refractivity contribution in [2.24, 2.45) is 0 Å². The largest absolute Gasteiger partial charge is 0.497 e. The van der Waals surface area contributed by atoms with Crippen molar-refractivity contribution in [1.82, 2.24) is 9.55 Å². The van der Waals surface area contributed by atoms with Crippen LogP contribution in [0.25, 0.3) is 0 Å². The minimum atomic E-state index is -3.62. The fourth-order valence-corrected chi connectivity index (χ4v) is 7.54. The van der Waals surface area contributed by atoms with Crippen LogP contribution in [0.4, 0.5) is 0 Å². The van der Waals surface area contributed by atoms with Crippen LogP contribution < -0.4 is 20.7 Å². The Bertz CT molecular complexity index is 2160. The molecule has 14 heteroatoms. The third-order valence-electron chi connectivity index (χ3n) is 9.29. The van der Waals surface area contributed by atoms with E-state index in [1.165, 1.54) is 6.20 Å². The second-order valence-electron chi connectivity index (χ2n) is 12.7. The molecular weight excluding hydrogens is 717 g/mol. The quantitative estimate of drug-likeness (QED) is 0.0851. The van der Waals surface area contributed by atoms with Gasteiger partial charge in [0.05, 0.1) is 38.1 Å². The van der Waals surface area contributed by atoms with Gasteiger partial charge in [-0.25, -0.2) is 13.2 Å². The number of rotatable bonds is 16. The summed E-state index contributed by atoms with van der Waals surface area (Å²) in [5, 5.41) is 11.6. The highest BCUT2D eigenvalue weighted by atomic mass is 32.2. The Morgan fingerprint density at radius 3 is 1.98 bits per heavy atom. The lowest BCUT2D eigenvalue weighted by Crippen LogP contribution is -2.41. The molecule has 0 saturated carbocycles. The Kier molecular flexibility index (Phi) is 12.1. The lowest BCUT2D eigenvalue weighted by atomic mass is 9.80. The van der Waals surface area contributed by atoms with Gasteiger partial charge in [-0.3, -0.25) is 14.3 Å². The van der Waals surface area contributed by atoms with Gasteiger partial charge in [0, 0.05) is 12.3 Å². The third kappa shape index (κ3) is 8.34. The van der Waals surface area contributed by atoms with Gasteiger partial charge in [-0.15, -0.1) is 0 Å². The molecule has 2 N–H and O–H groups in total. The molecule has 1 aliphatic rings. The summed E-state index contributed by atoms with van der Waals surface area (Å²) in [6.07, 6.45) is -3.60. The molecule has 284 valence electrons. The normalized spacial score (nSPS) is 18.7. The van der Waals surface area contributed by atoms with Crippen molar-refractivity contribution in [3.05, 3.63) is 158 Å². The summed E-state index contributed by atoms with van der Waals surface area (Å²) >= 11 is 0. The van der Waals surface area contributed by atoms with Gasteiger partial charge in [0.2, 0.25) is 0 Å². The molecule has 1 saturated heterocycles. The molecular formula is C40H42N2O11S. The van der Waals surface area contributed by atoms with Gasteiger partial charge >= 0.3 is 5.69 Å². The second kappa shape index (κ2) is 16.9. The Hall–Kier alpha value is -5.09. The van der Waals surface area contributed by atoms with E-state index in [-0.39, 0.29) is 23.9 Å². The fraction of sp³-hybridized carbons (Fsp3) is 0.300. The zero-order chi connectivity index (χ0) is 38.3. The monoisotopic (exact) mass is 758 g/mol. The summed E-state index contributed by atoms with van der Waals surface area (Å²) in [4.78, 5) is 27.0. The van der Waals surface area contributed by atoms with Crippen molar-refractivity contribution >= 4 is 9.84 Å². The number of ether oxygens (including phenoxy) is 6. The van der Waals surface area contributed by atoms with E-state index in [0.717, 1.165) is 32.9 Å².